The fourth-order valence-electron chi connectivity index (χ4n) is 3.11. The molecule has 1 fully saturated rings. The molecule has 1 saturated heterocycles. The van der Waals surface area contributed by atoms with Gasteiger partial charge in [0.15, 0.2) is 0 Å². The van der Waals surface area contributed by atoms with E-state index in [4.69, 9.17) is 11.6 Å². The molecule has 1 aliphatic rings. The number of carbonyl (C=O) groups excluding carboxylic acids is 1. The number of hydrogen-bond acceptors (Lipinski definition) is 6. The van der Waals surface area contributed by atoms with Crippen molar-refractivity contribution >= 4 is 28.9 Å². The summed E-state index contributed by atoms with van der Waals surface area (Å²) in [5, 5.41) is 22.3. The van der Waals surface area contributed by atoms with Gasteiger partial charge in [-0.2, -0.15) is 0 Å². The molecule has 9 nitrogen and oxygen atoms in total. The van der Waals surface area contributed by atoms with Gasteiger partial charge in [0.05, 0.1) is 21.5 Å². The van der Waals surface area contributed by atoms with Gasteiger partial charge in [-0.05, 0) is 17.7 Å². The van der Waals surface area contributed by atoms with E-state index >= 15 is 0 Å². The molecule has 2 aromatic rings. The van der Waals surface area contributed by atoms with Crippen molar-refractivity contribution in [1.29, 1.82) is 0 Å². The summed E-state index contributed by atoms with van der Waals surface area (Å²) in [4.78, 5) is 36.7. The van der Waals surface area contributed by atoms with E-state index in [1.807, 2.05) is 4.90 Å². The van der Waals surface area contributed by atoms with E-state index in [0.29, 0.717) is 37.7 Å². The number of nitrogens with zero attached hydrogens (tertiary/aromatic N) is 4. The maximum Gasteiger partial charge on any atom is 0.277 e. The van der Waals surface area contributed by atoms with Crippen LogP contribution in [0.4, 0.5) is 15.8 Å². The molecule has 2 aromatic carbocycles. The van der Waals surface area contributed by atoms with Gasteiger partial charge in [0, 0.05) is 49.9 Å². The number of non-ortho nitro benzene ring substituents is 2. The Morgan fingerprint density at radius 2 is 1.59 bits per heavy atom. The third-order valence-electron chi connectivity index (χ3n) is 4.64. The molecular formula is C18H16ClFN4O5. The van der Waals surface area contributed by atoms with E-state index in [0.717, 1.165) is 23.8 Å². The van der Waals surface area contributed by atoms with Crippen LogP contribution in [0.3, 0.4) is 0 Å². The molecule has 0 atom stereocenters. The lowest BCUT2D eigenvalue weighted by Crippen LogP contribution is -2.48. The first-order valence-corrected chi connectivity index (χ1v) is 9.02. The minimum atomic E-state index is -0.770. The zero-order chi connectivity index (χ0) is 21.1. The van der Waals surface area contributed by atoms with E-state index in [1.54, 1.807) is 6.07 Å². The van der Waals surface area contributed by atoms with Crippen molar-refractivity contribution in [1.82, 2.24) is 9.80 Å². The number of nitro benzene ring substituents is 2. The minimum Gasteiger partial charge on any atom is -0.336 e. The zero-order valence-corrected chi connectivity index (χ0v) is 15.8. The molecule has 0 bridgehead atoms. The second kappa shape index (κ2) is 8.50. The Balaban J connectivity index is 1.68. The summed E-state index contributed by atoms with van der Waals surface area (Å²) in [5.41, 5.74) is -0.345. The quantitative estimate of drug-likeness (QED) is 0.540. The van der Waals surface area contributed by atoms with Gasteiger partial charge in [-0.1, -0.05) is 17.7 Å². The number of hydrogen-bond donors (Lipinski definition) is 0. The number of carbonyl (C=O) groups is 1. The highest BCUT2D eigenvalue weighted by Gasteiger charge is 2.26. The van der Waals surface area contributed by atoms with Gasteiger partial charge in [0.1, 0.15) is 5.82 Å². The predicted octanol–water partition coefficient (Wildman–Crippen LogP) is 3.25. The first kappa shape index (κ1) is 20.6. The Morgan fingerprint density at radius 3 is 2.10 bits per heavy atom. The Hall–Kier alpha value is -3.11. The molecule has 0 spiro atoms. The Morgan fingerprint density at radius 1 is 1.00 bits per heavy atom. The van der Waals surface area contributed by atoms with Gasteiger partial charge in [0.25, 0.3) is 17.3 Å². The van der Waals surface area contributed by atoms with Crippen LogP contribution in [0, 0.1) is 26.0 Å². The van der Waals surface area contributed by atoms with Crippen LogP contribution >= 0.6 is 11.6 Å². The minimum absolute atomic E-state index is 0.0964. The molecule has 29 heavy (non-hydrogen) atoms. The van der Waals surface area contributed by atoms with Crippen LogP contribution in [0.15, 0.2) is 36.4 Å². The fourth-order valence-corrected chi connectivity index (χ4v) is 3.34. The molecule has 11 heteroatoms. The first-order valence-electron chi connectivity index (χ1n) is 8.64. The number of piperazine rings is 1. The van der Waals surface area contributed by atoms with Gasteiger partial charge in [0.2, 0.25) is 0 Å². The van der Waals surface area contributed by atoms with Crippen LogP contribution in [-0.4, -0.2) is 51.7 Å². The summed E-state index contributed by atoms with van der Waals surface area (Å²) in [6.45, 7) is 2.19. The number of benzene rings is 2. The van der Waals surface area contributed by atoms with E-state index in [1.165, 1.54) is 17.0 Å². The van der Waals surface area contributed by atoms with Gasteiger partial charge in [-0.25, -0.2) is 4.39 Å². The number of halogens is 2. The topological polar surface area (TPSA) is 110 Å². The van der Waals surface area contributed by atoms with Gasteiger partial charge >= 0.3 is 0 Å². The van der Waals surface area contributed by atoms with Crippen LogP contribution in [0.1, 0.15) is 15.9 Å². The number of amides is 1. The average molecular weight is 423 g/mol. The second-order valence-corrected chi connectivity index (χ2v) is 6.96. The van der Waals surface area contributed by atoms with Crippen LogP contribution < -0.4 is 0 Å². The standard InChI is InChI=1S/C18H16ClFN4O5/c19-17-9-14(20)2-1-12(17)11-21-3-5-22(6-4-21)18(25)13-7-15(23(26)27)10-16(8-13)24(28)29/h1-2,7-10H,3-6,11H2. The second-order valence-electron chi connectivity index (χ2n) is 6.56. The summed E-state index contributed by atoms with van der Waals surface area (Å²) >= 11 is 6.05. The summed E-state index contributed by atoms with van der Waals surface area (Å²) in [6, 6.07) is 7.08. The van der Waals surface area contributed by atoms with Gasteiger partial charge < -0.3 is 4.90 Å². The molecule has 0 unspecified atom stereocenters. The molecule has 0 saturated carbocycles. The normalized spacial score (nSPS) is 14.6. The maximum atomic E-state index is 13.2. The maximum absolute atomic E-state index is 13.2. The largest absolute Gasteiger partial charge is 0.336 e. The van der Waals surface area contributed by atoms with E-state index in [9.17, 15) is 29.4 Å². The van der Waals surface area contributed by atoms with Crippen molar-refractivity contribution in [2.45, 2.75) is 6.54 Å². The molecular weight excluding hydrogens is 407 g/mol. The van der Waals surface area contributed by atoms with Crippen LogP contribution in [-0.2, 0) is 6.54 Å². The molecule has 1 aliphatic heterocycles. The third kappa shape index (κ3) is 4.84. The van der Waals surface area contributed by atoms with Crippen molar-refractivity contribution < 1.29 is 19.0 Å². The lowest BCUT2D eigenvalue weighted by Gasteiger charge is -2.34. The molecule has 0 N–H and O–H groups in total. The highest BCUT2D eigenvalue weighted by atomic mass is 35.5. The summed E-state index contributed by atoms with van der Waals surface area (Å²) in [5.74, 6) is -0.920. The molecule has 0 aliphatic carbocycles. The molecule has 152 valence electrons. The van der Waals surface area contributed by atoms with Crippen molar-refractivity contribution in [3.8, 4) is 0 Å². The fraction of sp³-hybridized carbons (Fsp3) is 0.278. The molecule has 1 heterocycles. The Kier molecular flexibility index (Phi) is 6.04. The molecule has 1 amide bonds. The monoisotopic (exact) mass is 422 g/mol. The molecule has 0 aromatic heterocycles. The summed E-state index contributed by atoms with van der Waals surface area (Å²) < 4.78 is 13.2. The smallest absolute Gasteiger partial charge is 0.277 e. The molecule has 3 rings (SSSR count). The summed E-state index contributed by atoms with van der Waals surface area (Å²) in [7, 11) is 0. The lowest BCUT2D eigenvalue weighted by molar-refractivity contribution is -0.394. The van der Waals surface area contributed by atoms with Crippen LogP contribution in [0.5, 0.6) is 0 Å². The van der Waals surface area contributed by atoms with E-state index in [-0.39, 0.29) is 5.56 Å². The number of rotatable bonds is 5. The number of nitro groups is 2. The lowest BCUT2D eigenvalue weighted by atomic mass is 10.1. The molecule has 0 radical (unpaired) electrons. The van der Waals surface area contributed by atoms with Crippen LogP contribution in [0.25, 0.3) is 0 Å². The average Bonchev–Trinajstić information content (AvgIpc) is 2.69. The third-order valence-corrected chi connectivity index (χ3v) is 4.99. The Bertz CT molecular complexity index is 946. The zero-order valence-electron chi connectivity index (χ0n) is 15.1. The van der Waals surface area contributed by atoms with Crippen molar-refractivity contribution in [2.24, 2.45) is 0 Å². The Labute approximate surface area is 169 Å². The van der Waals surface area contributed by atoms with Crippen molar-refractivity contribution in [3.05, 3.63) is 78.6 Å². The van der Waals surface area contributed by atoms with Crippen molar-refractivity contribution in [2.75, 3.05) is 26.2 Å². The first-order chi connectivity index (χ1) is 13.7. The SMILES string of the molecule is O=C(c1cc([N+](=O)[O-])cc([N+](=O)[O-])c1)N1CCN(Cc2ccc(F)cc2Cl)CC1. The predicted molar refractivity (Wildman–Crippen MR) is 102 cm³/mol. The van der Waals surface area contributed by atoms with Crippen LogP contribution in [0.2, 0.25) is 5.02 Å². The summed E-state index contributed by atoms with van der Waals surface area (Å²) in [6.07, 6.45) is 0. The van der Waals surface area contributed by atoms with Gasteiger partial charge in [-0.3, -0.25) is 29.9 Å². The van der Waals surface area contributed by atoms with Gasteiger partial charge in [-0.15, -0.1) is 0 Å². The van der Waals surface area contributed by atoms with Crippen molar-refractivity contribution in [3.63, 3.8) is 0 Å². The van der Waals surface area contributed by atoms with E-state index < -0.39 is 32.9 Å². The van der Waals surface area contributed by atoms with E-state index in [2.05, 4.69) is 0 Å². The highest BCUT2D eigenvalue weighted by Crippen LogP contribution is 2.24. The highest BCUT2D eigenvalue weighted by molar-refractivity contribution is 6.31.